The molecule has 7 heteroatoms. The largest absolute Gasteiger partial charge is 0.382 e. The van der Waals surface area contributed by atoms with Crippen molar-refractivity contribution in [1.82, 2.24) is 10.2 Å². The Morgan fingerprint density at radius 3 is 2.78 bits per heavy atom. The highest BCUT2D eigenvalue weighted by molar-refractivity contribution is 5.82. The molecular weight excluding hydrogens is 296 g/mol. The Morgan fingerprint density at radius 2 is 2.17 bits per heavy atom. The van der Waals surface area contributed by atoms with Crippen LogP contribution in [0.25, 0.3) is 0 Å². The van der Waals surface area contributed by atoms with E-state index in [1.165, 1.54) is 0 Å². The Labute approximate surface area is 139 Å². The Morgan fingerprint density at radius 1 is 1.43 bits per heavy atom. The molecule has 7 nitrogen and oxygen atoms in total. The number of methoxy groups -OCH3 is 1. The van der Waals surface area contributed by atoms with Gasteiger partial charge in [-0.15, -0.1) is 0 Å². The number of nitrogens with two attached hydrogens (primary N) is 1. The second kappa shape index (κ2) is 9.72. The average Bonchev–Trinajstić information content (AvgIpc) is 2.96. The number of carbonyl (C=O) groups is 1. The SMILES string of the molecule is CCNC(=NCC(C)(C)C(N)=O)N1CCC(COCCOC)C1. The number of carbonyl (C=O) groups excluding carboxylic acids is 1. The van der Waals surface area contributed by atoms with Gasteiger partial charge in [0.15, 0.2) is 5.96 Å². The van der Waals surface area contributed by atoms with Gasteiger partial charge in [-0.25, -0.2) is 0 Å². The van der Waals surface area contributed by atoms with Gasteiger partial charge < -0.3 is 25.4 Å². The molecule has 1 amide bonds. The van der Waals surface area contributed by atoms with Gasteiger partial charge in [0.2, 0.25) is 5.91 Å². The second-order valence-electron chi connectivity index (χ2n) is 6.59. The summed E-state index contributed by atoms with van der Waals surface area (Å²) in [6.07, 6.45) is 1.08. The summed E-state index contributed by atoms with van der Waals surface area (Å²) >= 11 is 0. The van der Waals surface area contributed by atoms with Gasteiger partial charge in [-0.2, -0.15) is 0 Å². The van der Waals surface area contributed by atoms with E-state index in [0.29, 0.717) is 25.7 Å². The lowest BCUT2D eigenvalue weighted by Gasteiger charge is -2.24. The Hall–Kier alpha value is -1.34. The minimum atomic E-state index is -0.636. The third-order valence-corrected chi connectivity index (χ3v) is 4.00. The first-order valence-electron chi connectivity index (χ1n) is 8.30. The van der Waals surface area contributed by atoms with Crippen LogP contribution in [0.5, 0.6) is 0 Å². The lowest BCUT2D eigenvalue weighted by molar-refractivity contribution is -0.125. The quantitative estimate of drug-likeness (QED) is 0.364. The van der Waals surface area contributed by atoms with Crippen LogP contribution in [0.3, 0.4) is 0 Å². The van der Waals surface area contributed by atoms with Gasteiger partial charge in [-0.05, 0) is 27.2 Å². The first-order valence-corrected chi connectivity index (χ1v) is 8.30. The molecule has 1 unspecified atom stereocenters. The standard InChI is InChI=1S/C16H32N4O3/c1-5-18-15(19-12-16(2,3)14(17)21)20-7-6-13(10-20)11-23-9-8-22-4/h13H,5-12H2,1-4H3,(H2,17,21)(H,18,19). The molecule has 1 atom stereocenters. The predicted octanol–water partition coefficient (Wildman–Crippen LogP) is 0.448. The normalized spacial score (nSPS) is 19.2. The first kappa shape index (κ1) is 19.7. The fourth-order valence-corrected chi connectivity index (χ4v) is 2.33. The minimum Gasteiger partial charge on any atom is -0.382 e. The van der Waals surface area contributed by atoms with Crippen LogP contribution in [0.15, 0.2) is 4.99 Å². The summed E-state index contributed by atoms with van der Waals surface area (Å²) in [5.74, 6) is 1.02. The summed E-state index contributed by atoms with van der Waals surface area (Å²) in [6, 6.07) is 0. The number of hydrogen-bond acceptors (Lipinski definition) is 4. The third-order valence-electron chi connectivity index (χ3n) is 4.00. The molecule has 1 fully saturated rings. The van der Waals surface area contributed by atoms with E-state index in [9.17, 15) is 4.79 Å². The Kier molecular flexibility index (Phi) is 8.33. The van der Waals surface area contributed by atoms with E-state index in [1.54, 1.807) is 7.11 Å². The van der Waals surface area contributed by atoms with E-state index < -0.39 is 5.41 Å². The highest BCUT2D eigenvalue weighted by atomic mass is 16.5. The number of rotatable bonds is 9. The summed E-state index contributed by atoms with van der Waals surface area (Å²) in [4.78, 5) is 18.3. The number of ether oxygens (including phenoxy) is 2. The van der Waals surface area contributed by atoms with Crippen molar-refractivity contribution in [2.24, 2.45) is 22.1 Å². The smallest absolute Gasteiger partial charge is 0.224 e. The van der Waals surface area contributed by atoms with E-state index >= 15 is 0 Å². The number of nitrogens with one attached hydrogen (secondary N) is 1. The molecule has 0 aromatic rings. The van der Waals surface area contributed by atoms with Crippen LogP contribution in [-0.2, 0) is 14.3 Å². The van der Waals surface area contributed by atoms with Crippen LogP contribution in [0.4, 0.5) is 0 Å². The van der Waals surface area contributed by atoms with Crippen LogP contribution in [0.2, 0.25) is 0 Å². The van der Waals surface area contributed by atoms with Crippen molar-refractivity contribution < 1.29 is 14.3 Å². The maximum absolute atomic E-state index is 11.4. The lowest BCUT2D eigenvalue weighted by Crippen LogP contribution is -2.42. The van der Waals surface area contributed by atoms with Crippen molar-refractivity contribution in [2.45, 2.75) is 27.2 Å². The van der Waals surface area contributed by atoms with Crippen molar-refractivity contribution in [3.63, 3.8) is 0 Å². The number of aliphatic imine (C=N–C) groups is 1. The maximum Gasteiger partial charge on any atom is 0.224 e. The molecule has 1 rings (SSSR count). The fourth-order valence-electron chi connectivity index (χ4n) is 2.33. The molecule has 3 N–H and O–H groups in total. The molecule has 0 aromatic carbocycles. The summed E-state index contributed by atoms with van der Waals surface area (Å²) in [7, 11) is 1.67. The highest BCUT2D eigenvalue weighted by Gasteiger charge is 2.28. The van der Waals surface area contributed by atoms with Crippen molar-refractivity contribution in [1.29, 1.82) is 0 Å². The highest BCUT2D eigenvalue weighted by Crippen LogP contribution is 2.18. The van der Waals surface area contributed by atoms with Gasteiger partial charge in [0, 0.05) is 32.7 Å². The van der Waals surface area contributed by atoms with Gasteiger partial charge in [-0.1, -0.05) is 0 Å². The molecule has 0 aromatic heterocycles. The number of likely N-dealkylation sites (tertiary alicyclic amines) is 1. The number of guanidine groups is 1. The molecule has 0 radical (unpaired) electrons. The van der Waals surface area contributed by atoms with Crippen molar-refractivity contribution in [3.05, 3.63) is 0 Å². The average molecular weight is 328 g/mol. The van der Waals surface area contributed by atoms with E-state index in [4.69, 9.17) is 15.2 Å². The van der Waals surface area contributed by atoms with E-state index in [-0.39, 0.29) is 5.91 Å². The van der Waals surface area contributed by atoms with Gasteiger partial charge in [-0.3, -0.25) is 9.79 Å². The Bertz CT molecular complexity index is 399. The number of primary amides is 1. The van der Waals surface area contributed by atoms with Gasteiger partial charge in [0.05, 0.1) is 31.8 Å². The summed E-state index contributed by atoms with van der Waals surface area (Å²) in [5, 5.41) is 3.30. The minimum absolute atomic E-state index is 0.331. The van der Waals surface area contributed by atoms with Gasteiger partial charge >= 0.3 is 0 Å². The van der Waals surface area contributed by atoms with Crippen LogP contribution < -0.4 is 11.1 Å². The lowest BCUT2D eigenvalue weighted by atomic mass is 9.93. The molecule has 0 aliphatic carbocycles. The zero-order valence-corrected chi connectivity index (χ0v) is 14.9. The van der Waals surface area contributed by atoms with E-state index in [0.717, 1.165) is 38.6 Å². The van der Waals surface area contributed by atoms with Gasteiger partial charge in [0.1, 0.15) is 0 Å². The van der Waals surface area contributed by atoms with Crippen molar-refractivity contribution in [3.8, 4) is 0 Å². The topological polar surface area (TPSA) is 89.2 Å². The summed E-state index contributed by atoms with van der Waals surface area (Å²) in [5.41, 5.74) is 4.78. The fraction of sp³-hybridized carbons (Fsp3) is 0.875. The molecule has 1 aliphatic heterocycles. The molecule has 134 valence electrons. The molecule has 1 heterocycles. The first-order chi connectivity index (χ1) is 10.9. The Balaban J connectivity index is 2.53. The molecule has 1 saturated heterocycles. The number of hydrogen-bond donors (Lipinski definition) is 2. The van der Waals surface area contributed by atoms with Crippen LogP contribution in [0.1, 0.15) is 27.2 Å². The van der Waals surface area contributed by atoms with Crippen molar-refractivity contribution >= 4 is 11.9 Å². The molecule has 1 aliphatic rings. The van der Waals surface area contributed by atoms with Gasteiger partial charge in [0.25, 0.3) is 0 Å². The summed E-state index contributed by atoms with van der Waals surface area (Å²) in [6.45, 7) is 10.7. The second-order valence-corrected chi connectivity index (χ2v) is 6.59. The van der Waals surface area contributed by atoms with Crippen LogP contribution >= 0.6 is 0 Å². The number of amides is 1. The molecule has 0 bridgehead atoms. The maximum atomic E-state index is 11.4. The molecule has 0 saturated carbocycles. The zero-order valence-electron chi connectivity index (χ0n) is 14.9. The molecular formula is C16H32N4O3. The zero-order chi connectivity index (χ0) is 17.3. The molecule has 23 heavy (non-hydrogen) atoms. The van der Waals surface area contributed by atoms with Crippen LogP contribution in [0, 0.1) is 11.3 Å². The van der Waals surface area contributed by atoms with Crippen molar-refractivity contribution in [2.75, 3.05) is 53.1 Å². The monoisotopic (exact) mass is 328 g/mol. The predicted molar refractivity (Wildman–Crippen MR) is 91.3 cm³/mol. The molecule has 0 spiro atoms. The number of nitrogens with zero attached hydrogens (tertiary/aromatic N) is 2. The van der Waals surface area contributed by atoms with Crippen LogP contribution in [-0.4, -0.2) is 69.9 Å². The summed E-state index contributed by atoms with van der Waals surface area (Å²) < 4.78 is 10.6. The van der Waals surface area contributed by atoms with E-state index in [1.807, 2.05) is 20.8 Å². The third kappa shape index (κ3) is 6.74. The van der Waals surface area contributed by atoms with E-state index in [2.05, 4.69) is 15.2 Å².